The summed E-state index contributed by atoms with van der Waals surface area (Å²) in [6.45, 7) is 28.5. The molecule has 112 heavy (non-hydrogen) atoms. The number of hydrogen-bond acceptors (Lipinski definition) is 28. The molecule has 0 aliphatic carbocycles. The second-order valence-electron chi connectivity index (χ2n) is 29.9. The Labute approximate surface area is 651 Å². The molecule has 4 aromatic rings. The average Bonchev–Trinajstić information content (AvgIpc) is 1.55. The highest BCUT2D eigenvalue weighted by molar-refractivity contribution is 6.74. The third-order valence-electron chi connectivity index (χ3n) is 19.9. The van der Waals surface area contributed by atoms with Crippen LogP contribution >= 0.6 is 0 Å². The molecule has 0 radical (unpaired) electrons. The summed E-state index contributed by atoms with van der Waals surface area (Å²) in [6, 6.07) is 8.49. The number of aromatic carboxylic acids is 2. The number of rotatable bonds is 37. The second kappa shape index (κ2) is 41.5. The van der Waals surface area contributed by atoms with Gasteiger partial charge in [-0.3, -0.25) is 59.6 Å². The number of ether oxygens (including phenoxy) is 10. The lowest BCUT2D eigenvalue weighted by molar-refractivity contribution is -0.385. The van der Waals surface area contributed by atoms with Crippen molar-refractivity contribution in [2.45, 2.75) is 199 Å². The van der Waals surface area contributed by atoms with Crippen molar-refractivity contribution >= 4 is 75.1 Å². The van der Waals surface area contributed by atoms with Crippen LogP contribution in [-0.4, -0.2) is 221 Å². The van der Waals surface area contributed by atoms with Crippen LogP contribution in [0.2, 0.25) is 36.3 Å². The predicted octanol–water partition coefficient (Wildman–Crippen LogP) is 12.1. The first kappa shape index (κ1) is 92.6. The predicted molar refractivity (Wildman–Crippen MR) is 411 cm³/mol. The molecule has 4 aromatic carbocycles. The number of carboxylic acids is 2. The first-order valence-electron chi connectivity index (χ1n) is 36.5. The van der Waals surface area contributed by atoms with Gasteiger partial charge in [0.05, 0.1) is 131 Å². The number of nitrogens with zero attached hydrogens (tertiary/aromatic N) is 6. The van der Waals surface area contributed by atoms with Crippen molar-refractivity contribution in [3.05, 3.63) is 111 Å². The largest absolute Gasteiger partial charge is 0.493 e. The maximum Gasteiger partial charge on any atom is 0.342 e. The van der Waals surface area contributed by atoms with E-state index in [9.17, 15) is 74.3 Å². The summed E-state index contributed by atoms with van der Waals surface area (Å²) < 4.78 is 67.2. The number of carbonyl (C=O) groups is 6. The van der Waals surface area contributed by atoms with Crippen LogP contribution in [0, 0.1) is 40.5 Å². The molecular formula is C74H107N7O29Si2. The molecule has 36 nitrogen and oxygen atoms in total. The Morgan fingerprint density at radius 3 is 1.05 bits per heavy atom. The molecule has 38 heteroatoms. The van der Waals surface area contributed by atoms with Crippen molar-refractivity contribution in [1.82, 2.24) is 15.1 Å². The highest BCUT2D eigenvalue weighted by Gasteiger charge is 2.45. The second-order valence-corrected chi connectivity index (χ2v) is 39.6. The summed E-state index contributed by atoms with van der Waals surface area (Å²) >= 11 is 0. The maximum atomic E-state index is 14.1. The molecule has 3 aliphatic rings. The third-order valence-corrected chi connectivity index (χ3v) is 28.9. The first-order chi connectivity index (χ1) is 52.4. The highest BCUT2D eigenvalue weighted by Crippen LogP contribution is 2.43. The molecule has 0 spiro atoms. The van der Waals surface area contributed by atoms with Crippen molar-refractivity contribution in [3.63, 3.8) is 0 Å². The molecule has 0 saturated carbocycles. The number of carboxylic acid groups (broad SMARTS) is 2. The topological polar surface area (TPSA) is 465 Å². The fraction of sp³-hybridized carbons (Fsp3) is 0.595. The zero-order valence-electron chi connectivity index (χ0n) is 66.7. The van der Waals surface area contributed by atoms with Crippen LogP contribution in [0.25, 0.3) is 0 Å². The summed E-state index contributed by atoms with van der Waals surface area (Å²) in [5.74, 6) is -4.61. The van der Waals surface area contributed by atoms with E-state index in [2.05, 4.69) is 73.0 Å². The molecule has 0 unspecified atom stereocenters. The van der Waals surface area contributed by atoms with Crippen LogP contribution in [0.1, 0.15) is 168 Å². The molecule has 3 aliphatic heterocycles. The molecule has 3 fully saturated rings. The Bertz CT molecular complexity index is 3910. The van der Waals surface area contributed by atoms with E-state index in [4.69, 9.17) is 66.4 Å². The van der Waals surface area contributed by atoms with E-state index in [1.807, 2.05) is 6.92 Å². The lowest BCUT2D eigenvalue weighted by Crippen LogP contribution is -2.46. The van der Waals surface area contributed by atoms with Crippen LogP contribution in [-0.2, 0) is 27.9 Å². The number of carbonyl (C=O) groups excluding carboxylic acids is 4. The number of benzene rings is 4. The van der Waals surface area contributed by atoms with E-state index in [1.54, 1.807) is 0 Å². The summed E-state index contributed by atoms with van der Waals surface area (Å²) in [7, 11) is 1.42. The highest BCUT2D eigenvalue weighted by atomic mass is 28.4. The van der Waals surface area contributed by atoms with Gasteiger partial charge in [0.25, 0.3) is 34.6 Å². The van der Waals surface area contributed by atoms with E-state index >= 15 is 0 Å². The summed E-state index contributed by atoms with van der Waals surface area (Å²) in [6.07, 6.45) is 3.95. The number of nitro groups is 4. The normalized spacial score (nSPS) is 17.5. The van der Waals surface area contributed by atoms with Gasteiger partial charge in [-0.15, -0.1) is 0 Å². The lowest BCUT2D eigenvalue weighted by Gasteiger charge is -2.37. The van der Waals surface area contributed by atoms with Gasteiger partial charge >= 0.3 is 23.9 Å². The quantitative estimate of drug-likeness (QED) is 0.0107. The number of nitrogens with one attached hydrogen (secondary N) is 1. The van der Waals surface area contributed by atoms with Crippen LogP contribution in [0.3, 0.4) is 0 Å². The molecule has 7 rings (SSSR count). The van der Waals surface area contributed by atoms with Crippen LogP contribution in [0.15, 0.2) is 48.5 Å². The number of aliphatic hydroxyl groups is 1. The molecule has 0 aromatic heterocycles. The molecule has 2 amide bonds. The average molecular weight is 1610 g/mol. The Kier molecular flexibility index (Phi) is 34.3. The minimum atomic E-state index is -2.23. The number of esters is 2. The van der Waals surface area contributed by atoms with E-state index in [-0.39, 0.29) is 125 Å². The molecule has 620 valence electrons. The number of hydrogen-bond donors (Lipinski definition) is 4. The van der Waals surface area contributed by atoms with Crippen molar-refractivity contribution in [3.8, 4) is 46.0 Å². The van der Waals surface area contributed by atoms with Crippen molar-refractivity contribution in [2.24, 2.45) is 0 Å². The monoisotopic (exact) mass is 1610 g/mol. The van der Waals surface area contributed by atoms with Crippen molar-refractivity contribution in [2.75, 3.05) is 87.7 Å². The Balaban J connectivity index is 0.000000372. The van der Waals surface area contributed by atoms with Gasteiger partial charge in [-0.1, -0.05) is 48.5 Å². The van der Waals surface area contributed by atoms with E-state index in [0.29, 0.717) is 70.4 Å². The summed E-state index contributed by atoms with van der Waals surface area (Å²) in [5, 5.41) is 77.9. The van der Waals surface area contributed by atoms with Gasteiger partial charge in [0.15, 0.2) is 62.6 Å². The third kappa shape index (κ3) is 25.8. The Morgan fingerprint density at radius 1 is 0.473 bits per heavy atom. The van der Waals surface area contributed by atoms with Crippen LogP contribution in [0.4, 0.5) is 22.7 Å². The van der Waals surface area contributed by atoms with Gasteiger partial charge < -0.3 is 86.7 Å². The molecule has 3 heterocycles. The van der Waals surface area contributed by atoms with Crippen LogP contribution in [0.5, 0.6) is 46.0 Å². The molecule has 6 atom stereocenters. The number of β-amino-alcohol motifs (C(OH)–C–C–N with tert-alkyl or cyclic N) is 1. The number of amides is 2. The van der Waals surface area contributed by atoms with Crippen molar-refractivity contribution in [1.29, 1.82) is 0 Å². The summed E-state index contributed by atoms with van der Waals surface area (Å²) in [5.41, 5.74) is -3.62. The zero-order valence-corrected chi connectivity index (χ0v) is 68.7. The van der Waals surface area contributed by atoms with Gasteiger partial charge in [0.1, 0.15) is 34.5 Å². The zero-order chi connectivity index (χ0) is 83.9. The van der Waals surface area contributed by atoms with E-state index in [1.165, 1.54) is 64.2 Å². The van der Waals surface area contributed by atoms with E-state index < -0.39 is 124 Å². The molecule has 0 bridgehead atoms. The lowest BCUT2D eigenvalue weighted by atomic mass is 10.1. The minimum absolute atomic E-state index is 0.0241. The Morgan fingerprint density at radius 2 is 0.777 bits per heavy atom. The van der Waals surface area contributed by atoms with Gasteiger partial charge in [-0.05, 0) is 87.6 Å². The number of aliphatic hydroxyl groups excluding tert-OH is 1. The number of unbranched alkanes of at least 4 members (excludes halogenated alkanes) is 4. The number of nitro benzene ring substituents is 4. The smallest absolute Gasteiger partial charge is 0.342 e. The van der Waals surface area contributed by atoms with Gasteiger partial charge in [-0.25, -0.2) is 9.59 Å². The fourth-order valence-electron chi connectivity index (χ4n) is 11.8. The SMILES string of the molecule is CC(C)(C)[Si](C)(C)OC[C@@H]1C[C@@H](O)CN1.CC[C@@H]1C[C@@H](OC(C)=O)CN1C(=O)c1cc(OC)c(OCCCCCOc2cc([N+](=O)[O-])c(C(=O)N3C[C@H](OC(C)=O)C[C@H]3CO[Si](C)(C)C(C)(C)C)cc2OC)cc1[N+](=O)[O-].COc1cc(C(=O)O)c([N+](=O)[O-])cc1OCCCCCOc1cc([N+](=O)[O-])c(C(=O)O)cc1OC. The van der Waals surface area contributed by atoms with Gasteiger partial charge in [0.2, 0.25) is 0 Å². The standard InChI is InChI=1S/C42H60N4O15Si.C21H22N2O12.C11H25NO2Si/c1-11-28-17-30(60-26(2)47)23-43(28)40(49)32-19-36(55-7)38(21-34(32)45(51)52)57-15-13-12-14-16-58-39-22-35(46(53)54)33(20-37(39)56-8)41(50)44-24-31(61-27(3)48)18-29(44)25-59-62(9,10)42(4,5)6;1-32-16-8-12(20(24)25)14(22(28)29)10-18(16)34-6-4-3-5-7-35-19-11-15(23(30)31)13(21(26)27)9-17(19)33-2;1-11(2,3)15(4,5)14-8-9-6-10(13)7-12-9/h19-22,28-31H,11-18,23-25H2,1-10H3;8-11H,3-7H2,1-2H3,(H,24,25)(H,26,27);9-10,12-13H,6-8H2,1-5H3/t28-,29+,30-,31-;;9-,10+/m1.0/s1. The van der Waals surface area contributed by atoms with Crippen LogP contribution < -0.4 is 43.2 Å². The van der Waals surface area contributed by atoms with Gasteiger partial charge in [0, 0.05) is 76.2 Å². The summed E-state index contributed by atoms with van der Waals surface area (Å²) in [4.78, 5) is 120. The van der Waals surface area contributed by atoms with Crippen molar-refractivity contribution < 1.29 is 120 Å². The molecule has 3 saturated heterocycles. The first-order valence-corrected chi connectivity index (χ1v) is 42.4. The minimum Gasteiger partial charge on any atom is -0.493 e. The Hall–Kier alpha value is -10.0. The maximum absolute atomic E-state index is 14.1. The molecule has 4 N–H and O–H groups in total. The fourth-order valence-corrected chi connectivity index (χ4v) is 13.9. The van der Waals surface area contributed by atoms with E-state index in [0.717, 1.165) is 49.4 Å². The van der Waals surface area contributed by atoms with Gasteiger partial charge in [-0.2, -0.15) is 0 Å². The number of likely N-dealkylation sites (tertiary alicyclic amines) is 2. The number of methoxy groups -OCH3 is 4. The molecular weight excluding hydrogens is 1510 g/mol.